The predicted molar refractivity (Wildman–Crippen MR) is 79.3 cm³/mol. The van der Waals surface area contributed by atoms with Crippen LogP contribution in [0.25, 0.3) is 0 Å². The van der Waals surface area contributed by atoms with E-state index in [1.165, 1.54) is 18.2 Å². The standard InChI is InChI=1S/C12H15ClN2O5S/c1-21(19,20)6-5-8(14)11(16)15-9-4-2-3-7(13)10(9)12(17)18/h2-4,8H,5-6,14H2,1H3,(H,15,16)(H,17,18). The minimum atomic E-state index is -3.23. The van der Waals surface area contributed by atoms with Gasteiger partial charge in [0.15, 0.2) is 0 Å². The number of anilines is 1. The number of nitrogens with two attached hydrogens (primary N) is 1. The third-order valence-electron chi connectivity index (χ3n) is 2.62. The number of nitrogens with one attached hydrogen (secondary N) is 1. The van der Waals surface area contributed by atoms with E-state index in [0.29, 0.717) is 0 Å². The number of sulfone groups is 1. The van der Waals surface area contributed by atoms with Crippen molar-refractivity contribution in [2.45, 2.75) is 12.5 Å². The summed E-state index contributed by atoms with van der Waals surface area (Å²) in [6, 6.07) is 3.16. The molecule has 1 amide bonds. The van der Waals surface area contributed by atoms with Gasteiger partial charge in [-0.2, -0.15) is 0 Å². The SMILES string of the molecule is CS(=O)(=O)CCC(N)C(=O)Nc1cccc(Cl)c1C(=O)O. The number of carbonyl (C=O) groups is 2. The summed E-state index contributed by atoms with van der Waals surface area (Å²) >= 11 is 5.77. The number of carboxylic acid groups (broad SMARTS) is 1. The van der Waals surface area contributed by atoms with E-state index in [0.717, 1.165) is 6.26 Å². The molecule has 0 heterocycles. The lowest BCUT2D eigenvalue weighted by molar-refractivity contribution is -0.117. The summed E-state index contributed by atoms with van der Waals surface area (Å²) in [6.07, 6.45) is 0.977. The summed E-state index contributed by atoms with van der Waals surface area (Å²) in [5.74, 6) is -2.20. The Kier molecular flexibility index (Phi) is 5.70. The lowest BCUT2D eigenvalue weighted by Gasteiger charge is -2.13. The second-order valence-electron chi connectivity index (χ2n) is 4.48. The monoisotopic (exact) mass is 334 g/mol. The van der Waals surface area contributed by atoms with Crippen LogP contribution in [0, 0.1) is 0 Å². The number of carbonyl (C=O) groups excluding carboxylic acids is 1. The van der Waals surface area contributed by atoms with Gasteiger partial charge in [0.2, 0.25) is 5.91 Å². The van der Waals surface area contributed by atoms with Crippen molar-refractivity contribution in [3.8, 4) is 0 Å². The maximum Gasteiger partial charge on any atom is 0.339 e. The summed E-state index contributed by atoms with van der Waals surface area (Å²) in [6.45, 7) is 0. The third kappa shape index (κ3) is 5.33. The first-order valence-electron chi connectivity index (χ1n) is 5.88. The molecule has 0 aliphatic rings. The Hall–Kier alpha value is -1.64. The van der Waals surface area contributed by atoms with Gasteiger partial charge in [-0.15, -0.1) is 0 Å². The summed E-state index contributed by atoms with van der Waals surface area (Å²) in [7, 11) is -3.23. The van der Waals surface area contributed by atoms with Crippen LogP contribution in [0.4, 0.5) is 5.69 Å². The van der Waals surface area contributed by atoms with Crippen LogP contribution in [0.2, 0.25) is 5.02 Å². The fraction of sp³-hybridized carbons (Fsp3) is 0.333. The molecule has 0 aliphatic carbocycles. The number of aromatic carboxylic acids is 1. The Labute approximate surface area is 127 Å². The van der Waals surface area contributed by atoms with Crippen molar-refractivity contribution in [3.05, 3.63) is 28.8 Å². The van der Waals surface area contributed by atoms with E-state index in [9.17, 15) is 18.0 Å². The molecule has 0 spiro atoms. The molecule has 4 N–H and O–H groups in total. The lowest BCUT2D eigenvalue weighted by atomic mass is 10.1. The van der Waals surface area contributed by atoms with Gasteiger partial charge in [-0.05, 0) is 18.6 Å². The average Bonchev–Trinajstić information content (AvgIpc) is 2.34. The summed E-state index contributed by atoms with van der Waals surface area (Å²) in [5, 5.41) is 11.4. The molecular weight excluding hydrogens is 320 g/mol. The molecule has 0 aromatic heterocycles. The normalized spacial score (nSPS) is 12.7. The van der Waals surface area contributed by atoms with E-state index in [-0.39, 0.29) is 28.4 Å². The molecule has 1 rings (SSSR count). The molecule has 0 saturated carbocycles. The van der Waals surface area contributed by atoms with Crippen molar-refractivity contribution in [1.82, 2.24) is 0 Å². The molecule has 9 heteroatoms. The maximum atomic E-state index is 11.8. The Morgan fingerprint density at radius 1 is 1.43 bits per heavy atom. The van der Waals surface area contributed by atoms with Crippen LogP contribution in [0.15, 0.2) is 18.2 Å². The van der Waals surface area contributed by atoms with Gasteiger partial charge in [-0.25, -0.2) is 13.2 Å². The van der Waals surface area contributed by atoms with E-state index < -0.39 is 27.8 Å². The Morgan fingerprint density at radius 3 is 2.57 bits per heavy atom. The van der Waals surface area contributed by atoms with Gasteiger partial charge < -0.3 is 16.2 Å². The fourth-order valence-electron chi connectivity index (χ4n) is 1.54. The van der Waals surface area contributed by atoms with Crippen LogP contribution < -0.4 is 11.1 Å². The number of hydrogen-bond donors (Lipinski definition) is 3. The molecule has 0 bridgehead atoms. The predicted octanol–water partition coefficient (Wildman–Crippen LogP) is 0.739. The zero-order valence-electron chi connectivity index (χ0n) is 11.2. The summed E-state index contributed by atoms with van der Waals surface area (Å²) in [5.41, 5.74) is 5.34. The molecule has 1 unspecified atom stereocenters. The molecular formula is C12H15ClN2O5S. The Balaban J connectivity index is 2.84. The van der Waals surface area contributed by atoms with Crippen molar-refractivity contribution in [2.75, 3.05) is 17.3 Å². The topological polar surface area (TPSA) is 127 Å². The van der Waals surface area contributed by atoms with Crippen molar-refractivity contribution < 1.29 is 23.1 Å². The maximum absolute atomic E-state index is 11.8. The highest BCUT2D eigenvalue weighted by Gasteiger charge is 2.20. The van der Waals surface area contributed by atoms with Crippen LogP contribution in [0.1, 0.15) is 16.8 Å². The van der Waals surface area contributed by atoms with Crippen LogP contribution in [-0.4, -0.2) is 43.5 Å². The van der Waals surface area contributed by atoms with Gasteiger partial charge in [0, 0.05) is 6.26 Å². The largest absolute Gasteiger partial charge is 0.478 e. The van der Waals surface area contributed by atoms with E-state index in [2.05, 4.69) is 5.32 Å². The Bertz CT molecular complexity index is 660. The fourth-order valence-corrected chi connectivity index (χ4v) is 2.48. The van der Waals surface area contributed by atoms with Gasteiger partial charge in [0.1, 0.15) is 15.4 Å². The third-order valence-corrected chi connectivity index (χ3v) is 3.91. The first-order chi connectivity index (χ1) is 9.61. The zero-order chi connectivity index (χ0) is 16.2. The number of hydrogen-bond acceptors (Lipinski definition) is 5. The van der Waals surface area contributed by atoms with Crippen LogP contribution in [0.3, 0.4) is 0 Å². The molecule has 1 aromatic carbocycles. The molecule has 0 radical (unpaired) electrons. The summed E-state index contributed by atoms with van der Waals surface area (Å²) < 4.78 is 22.0. The van der Waals surface area contributed by atoms with Crippen LogP contribution in [0.5, 0.6) is 0 Å². The van der Waals surface area contributed by atoms with Crippen molar-refractivity contribution in [1.29, 1.82) is 0 Å². The first kappa shape index (κ1) is 17.4. The van der Waals surface area contributed by atoms with Crippen molar-refractivity contribution in [2.24, 2.45) is 5.73 Å². The molecule has 21 heavy (non-hydrogen) atoms. The summed E-state index contributed by atoms with van der Waals surface area (Å²) in [4.78, 5) is 23.0. The molecule has 0 fully saturated rings. The van der Waals surface area contributed by atoms with E-state index in [4.69, 9.17) is 22.4 Å². The molecule has 0 saturated heterocycles. The number of carboxylic acids is 1. The Morgan fingerprint density at radius 2 is 2.05 bits per heavy atom. The highest BCUT2D eigenvalue weighted by molar-refractivity contribution is 7.90. The highest BCUT2D eigenvalue weighted by atomic mass is 35.5. The van der Waals surface area contributed by atoms with Gasteiger partial charge in [0.25, 0.3) is 0 Å². The molecule has 0 aliphatic heterocycles. The van der Waals surface area contributed by atoms with E-state index >= 15 is 0 Å². The van der Waals surface area contributed by atoms with Crippen molar-refractivity contribution in [3.63, 3.8) is 0 Å². The van der Waals surface area contributed by atoms with E-state index in [1.54, 1.807) is 0 Å². The minimum absolute atomic E-state index is 0.00908. The minimum Gasteiger partial charge on any atom is -0.478 e. The molecule has 7 nitrogen and oxygen atoms in total. The second kappa shape index (κ2) is 6.88. The number of amides is 1. The second-order valence-corrected chi connectivity index (χ2v) is 7.15. The number of rotatable bonds is 6. The smallest absolute Gasteiger partial charge is 0.339 e. The highest BCUT2D eigenvalue weighted by Crippen LogP contribution is 2.24. The quantitative estimate of drug-likeness (QED) is 0.704. The van der Waals surface area contributed by atoms with Gasteiger partial charge >= 0.3 is 5.97 Å². The van der Waals surface area contributed by atoms with E-state index in [1.807, 2.05) is 0 Å². The number of benzene rings is 1. The molecule has 1 aromatic rings. The first-order valence-corrected chi connectivity index (χ1v) is 8.31. The van der Waals surface area contributed by atoms with Gasteiger partial charge in [0.05, 0.1) is 22.5 Å². The van der Waals surface area contributed by atoms with Crippen LogP contribution in [-0.2, 0) is 14.6 Å². The number of halogens is 1. The van der Waals surface area contributed by atoms with Crippen molar-refractivity contribution >= 4 is 39.0 Å². The van der Waals surface area contributed by atoms with Crippen LogP contribution >= 0.6 is 11.6 Å². The lowest BCUT2D eigenvalue weighted by Crippen LogP contribution is -2.37. The van der Waals surface area contributed by atoms with Gasteiger partial charge in [-0.1, -0.05) is 17.7 Å². The molecule has 116 valence electrons. The van der Waals surface area contributed by atoms with Gasteiger partial charge in [-0.3, -0.25) is 4.79 Å². The zero-order valence-corrected chi connectivity index (χ0v) is 12.7. The molecule has 1 atom stereocenters. The average molecular weight is 335 g/mol.